The zero-order valence-corrected chi connectivity index (χ0v) is 17.5. The van der Waals surface area contributed by atoms with Crippen LogP contribution in [0.3, 0.4) is 0 Å². The molecule has 2 aromatic carbocycles. The normalized spacial score (nSPS) is 16.9. The smallest absolute Gasteiger partial charge is 0.270 e. The molecule has 4 rings (SSSR count). The Bertz CT molecular complexity index is 1110. The second-order valence-corrected chi connectivity index (χ2v) is 9.14. The summed E-state index contributed by atoms with van der Waals surface area (Å²) >= 11 is 0. The van der Waals surface area contributed by atoms with Gasteiger partial charge in [0.2, 0.25) is 16.8 Å². The zero-order chi connectivity index (χ0) is 21.8. The van der Waals surface area contributed by atoms with E-state index in [1.165, 1.54) is 22.7 Å². The van der Waals surface area contributed by atoms with Gasteiger partial charge in [-0.15, -0.1) is 0 Å². The highest BCUT2D eigenvalue weighted by Crippen LogP contribution is 2.32. The number of benzene rings is 2. The number of ether oxygens (including phenoxy) is 2. The number of rotatable bonds is 6. The average molecular weight is 446 g/mol. The number of nitro groups is 1. The first-order valence-electron chi connectivity index (χ1n) is 9.92. The maximum Gasteiger partial charge on any atom is 0.270 e. The van der Waals surface area contributed by atoms with Crippen LogP contribution in [-0.2, 0) is 10.0 Å². The third-order valence-corrected chi connectivity index (χ3v) is 7.09. The van der Waals surface area contributed by atoms with E-state index in [0.29, 0.717) is 24.6 Å². The number of nitrogens with zero attached hydrogens (tertiary/aromatic N) is 3. The fourth-order valence-corrected chi connectivity index (χ4v) is 5.20. The maximum absolute atomic E-state index is 13.3. The fourth-order valence-electron chi connectivity index (χ4n) is 3.52. The quantitative estimate of drug-likeness (QED) is 0.410. The van der Waals surface area contributed by atoms with Crippen molar-refractivity contribution in [1.29, 1.82) is 0 Å². The lowest BCUT2D eigenvalue weighted by atomic mass is 10.2. The molecule has 2 heterocycles. The summed E-state index contributed by atoms with van der Waals surface area (Å²) in [5.41, 5.74) is 3.32. The van der Waals surface area contributed by atoms with Crippen molar-refractivity contribution in [3.05, 3.63) is 52.1 Å². The van der Waals surface area contributed by atoms with Crippen LogP contribution in [0.15, 0.2) is 46.4 Å². The number of fused-ring (bicyclic) bond motifs is 1. The molecular weight excluding hydrogens is 424 g/mol. The standard InChI is InChI=1S/C20H22N4O6S/c25-24(26)16-6-7-17(20(12-16)31(27,28)23-9-3-1-2-4-10-23)22-21-13-15-5-8-18-19(11-15)30-14-29-18/h5-8,11-13,22H,1-4,9-10,14H2/b21-13-. The van der Waals surface area contributed by atoms with Crippen molar-refractivity contribution in [3.63, 3.8) is 0 Å². The van der Waals surface area contributed by atoms with Gasteiger partial charge >= 0.3 is 0 Å². The van der Waals surface area contributed by atoms with Gasteiger partial charge in [-0.3, -0.25) is 15.5 Å². The summed E-state index contributed by atoms with van der Waals surface area (Å²) < 4.78 is 38.5. The van der Waals surface area contributed by atoms with E-state index < -0.39 is 14.9 Å². The summed E-state index contributed by atoms with van der Waals surface area (Å²) in [5.74, 6) is 1.25. The summed E-state index contributed by atoms with van der Waals surface area (Å²) in [4.78, 5) is 10.5. The van der Waals surface area contributed by atoms with Gasteiger partial charge in [0.05, 0.1) is 16.8 Å². The number of anilines is 1. The van der Waals surface area contributed by atoms with Crippen molar-refractivity contribution in [2.24, 2.45) is 5.10 Å². The van der Waals surface area contributed by atoms with Crippen molar-refractivity contribution >= 4 is 27.6 Å². The van der Waals surface area contributed by atoms with Gasteiger partial charge in [-0.2, -0.15) is 9.41 Å². The van der Waals surface area contributed by atoms with E-state index in [9.17, 15) is 18.5 Å². The second-order valence-electron chi connectivity index (χ2n) is 7.24. The topological polar surface area (TPSA) is 123 Å². The van der Waals surface area contributed by atoms with E-state index in [-0.39, 0.29) is 23.1 Å². The molecular formula is C20H22N4O6S. The molecule has 1 fully saturated rings. The van der Waals surface area contributed by atoms with Crippen molar-refractivity contribution in [2.45, 2.75) is 30.6 Å². The molecule has 0 aromatic heterocycles. The molecule has 0 amide bonds. The molecule has 2 aliphatic rings. The van der Waals surface area contributed by atoms with Gasteiger partial charge in [0.25, 0.3) is 5.69 Å². The van der Waals surface area contributed by atoms with Crippen LogP contribution < -0.4 is 14.9 Å². The lowest BCUT2D eigenvalue weighted by molar-refractivity contribution is -0.385. The van der Waals surface area contributed by atoms with Gasteiger partial charge in [-0.25, -0.2) is 8.42 Å². The van der Waals surface area contributed by atoms with Crippen LogP contribution in [0, 0.1) is 10.1 Å². The zero-order valence-electron chi connectivity index (χ0n) is 16.7. The van der Waals surface area contributed by atoms with Crippen LogP contribution in [0.1, 0.15) is 31.2 Å². The highest BCUT2D eigenvalue weighted by Gasteiger charge is 2.29. The summed E-state index contributed by atoms with van der Waals surface area (Å²) in [5, 5.41) is 15.4. The van der Waals surface area contributed by atoms with Gasteiger partial charge in [0.15, 0.2) is 11.5 Å². The average Bonchev–Trinajstić information content (AvgIpc) is 3.04. The van der Waals surface area contributed by atoms with Gasteiger partial charge in [0, 0.05) is 25.2 Å². The van der Waals surface area contributed by atoms with E-state index in [1.807, 2.05) is 0 Å². The van der Waals surface area contributed by atoms with Gasteiger partial charge in [-0.1, -0.05) is 12.8 Å². The van der Waals surface area contributed by atoms with E-state index in [2.05, 4.69) is 10.5 Å². The number of sulfonamides is 1. The molecule has 2 aromatic rings. The minimum atomic E-state index is -3.92. The van der Waals surface area contributed by atoms with Crippen molar-refractivity contribution in [2.75, 3.05) is 25.3 Å². The van der Waals surface area contributed by atoms with E-state index in [0.717, 1.165) is 37.3 Å². The van der Waals surface area contributed by atoms with Gasteiger partial charge in [0.1, 0.15) is 4.90 Å². The Morgan fingerprint density at radius 3 is 2.52 bits per heavy atom. The Kier molecular flexibility index (Phi) is 6.05. The molecule has 0 atom stereocenters. The van der Waals surface area contributed by atoms with E-state index in [1.54, 1.807) is 18.2 Å². The van der Waals surface area contributed by atoms with Crippen molar-refractivity contribution in [3.8, 4) is 11.5 Å². The predicted molar refractivity (Wildman–Crippen MR) is 114 cm³/mol. The number of hydrogen-bond donors (Lipinski definition) is 1. The van der Waals surface area contributed by atoms with Gasteiger partial charge < -0.3 is 9.47 Å². The minimum absolute atomic E-state index is 0.161. The Hall–Kier alpha value is -3.18. The highest BCUT2D eigenvalue weighted by molar-refractivity contribution is 7.89. The number of hydrazone groups is 1. The lowest BCUT2D eigenvalue weighted by Crippen LogP contribution is -2.32. The molecule has 31 heavy (non-hydrogen) atoms. The molecule has 0 unspecified atom stereocenters. The number of nitrogens with one attached hydrogen (secondary N) is 1. The minimum Gasteiger partial charge on any atom is -0.454 e. The molecule has 2 aliphatic heterocycles. The van der Waals surface area contributed by atoms with Crippen molar-refractivity contribution in [1.82, 2.24) is 4.31 Å². The van der Waals surface area contributed by atoms with Crippen LogP contribution in [0.25, 0.3) is 0 Å². The molecule has 0 aliphatic carbocycles. The van der Waals surface area contributed by atoms with Crippen LogP contribution in [0.4, 0.5) is 11.4 Å². The largest absolute Gasteiger partial charge is 0.454 e. The first-order valence-corrected chi connectivity index (χ1v) is 11.4. The van der Waals surface area contributed by atoms with Crippen LogP contribution in [-0.4, -0.2) is 43.7 Å². The maximum atomic E-state index is 13.3. The second kappa shape index (κ2) is 8.90. The Morgan fingerprint density at radius 2 is 1.77 bits per heavy atom. The molecule has 164 valence electrons. The summed E-state index contributed by atoms with van der Waals surface area (Å²) in [6, 6.07) is 8.98. The third kappa shape index (κ3) is 4.62. The molecule has 0 bridgehead atoms. The first-order chi connectivity index (χ1) is 14.9. The van der Waals surface area contributed by atoms with E-state index in [4.69, 9.17) is 9.47 Å². The number of hydrogen-bond acceptors (Lipinski definition) is 8. The molecule has 10 nitrogen and oxygen atoms in total. The fraction of sp³-hybridized carbons (Fsp3) is 0.350. The summed E-state index contributed by atoms with van der Waals surface area (Å²) in [6.07, 6.45) is 4.96. The molecule has 0 saturated carbocycles. The highest BCUT2D eigenvalue weighted by atomic mass is 32.2. The van der Waals surface area contributed by atoms with Crippen molar-refractivity contribution < 1.29 is 22.8 Å². The SMILES string of the molecule is O=[N+]([O-])c1ccc(N/N=C\c2ccc3c(c2)OCO3)c(S(=O)(=O)N2CCCCCC2)c1. The van der Waals surface area contributed by atoms with Crippen LogP contribution in [0.2, 0.25) is 0 Å². The Labute approximate surface area is 179 Å². The molecule has 1 N–H and O–H groups in total. The Morgan fingerprint density at radius 1 is 1.03 bits per heavy atom. The molecule has 0 radical (unpaired) electrons. The predicted octanol–water partition coefficient (Wildman–Crippen LogP) is 3.33. The van der Waals surface area contributed by atoms with Gasteiger partial charge in [-0.05, 0) is 42.7 Å². The molecule has 11 heteroatoms. The summed E-state index contributed by atoms with van der Waals surface area (Å²) in [7, 11) is -3.92. The Balaban J connectivity index is 1.61. The molecule has 0 spiro atoms. The monoisotopic (exact) mass is 446 g/mol. The summed E-state index contributed by atoms with van der Waals surface area (Å²) in [6.45, 7) is 0.949. The van der Waals surface area contributed by atoms with Crippen LogP contribution in [0.5, 0.6) is 11.5 Å². The number of non-ortho nitro benzene ring substituents is 1. The lowest BCUT2D eigenvalue weighted by Gasteiger charge is -2.21. The number of nitro benzene ring substituents is 1. The van der Waals surface area contributed by atoms with E-state index >= 15 is 0 Å². The third-order valence-electron chi connectivity index (χ3n) is 5.15. The van der Waals surface area contributed by atoms with Crippen LogP contribution >= 0.6 is 0 Å². The molecule has 1 saturated heterocycles. The first kappa shape index (κ1) is 21.1.